The maximum Gasteiger partial charge on any atom is 0.200 e. The molecule has 0 saturated carbocycles. The minimum absolute atomic E-state index is 0.250. The first kappa shape index (κ1) is 12.0. The molecule has 0 amide bonds. The summed E-state index contributed by atoms with van der Waals surface area (Å²) in [4.78, 5) is 0.363. The third kappa shape index (κ3) is 2.27. The summed E-state index contributed by atoms with van der Waals surface area (Å²) in [6.45, 7) is 0.250. The van der Waals surface area contributed by atoms with Crippen LogP contribution in [0.1, 0.15) is 5.56 Å². The van der Waals surface area contributed by atoms with Crippen molar-refractivity contribution in [2.45, 2.75) is 4.90 Å². The SMILES string of the molecule is O=S1(=O)C=C(COc2ccccc2)c2ccccc21. The van der Waals surface area contributed by atoms with E-state index in [0.717, 1.165) is 11.3 Å². The minimum atomic E-state index is -3.30. The molecule has 0 bridgehead atoms. The van der Waals surface area contributed by atoms with Crippen molar-refractivity contribution in [3.8, 4) is 5.75 Å². The highest BCUT2D eigenvalue weighted by molar-refractivity contribution is 7.95. The Morgan fingerprint density at radius 2 is 1.58 bits per heavy atom. The molecule has 0 spiro atoms. The van der Waals surface area contributed by atoms with Gasteiger partial charge in [-0.1, -0.05) is 36.4 Å². The maximum absolute atomic E-state index is 11.9. The smallest absolute Gasteiger partial charge is 0.200 e. The van der Waals surface area contributed by atoms with Gasteiger partial charge in [0.05, 0.1) is 4.90 Å². The van der Waals surface area contributed by atoms with Crippen LogP contribution in [-0.2, 0) is 9.84 Å². The number of sulfone groups is 1. The zero-order chi connectivity index (χ0) is 13.3. The molecular formula is C15H12O3S. The Bertz CT molecular complexity index is 731. The number of benzene rings is 2. The highest BCUT2D eigenvalue weighted by Gasteiger charge is 2.26. The molecule has 0 fully saturated rings. The lowest BCUT2D eigenvalue weighted by Crippen LogP contribution is -1.99. The number of ether oxygens (including phenoxy) is 1. The molecule has 1 aliphatic heterocycles. The average Bonchev–Trinajstić information content (AvgIpc) is 2.70. The molecule has 3 nitrogen and oxygen atoms in total. The fourth-order valence-electron chi connectivity index (χ4n) is 2.08. The molecule has 2 aromatic rings. The van der Waals surface area contributed by atoms with Crippen LogP contribution >= 0.6 is 0 Å². The Hall–Kier alpha value is -2.07. The third-order valence-corrected chi connectivity index (χ3v) is 4.54. The largest absolute Gasteiger partial charge is 0.489 e. The van der Waals surface area contributed by atoms with Crippen LogP contribution < -0.4 is 4.74 Å². The van der Waals surface area contributed by atoms with E-state index in [2.05, 4.69) is 0 Å². The van der Waals surface area contributed by atoms with E-state index in [9.17, 15) is 8.42 Å². The summed E-state index contributed by atoms with van der Waals surface area (Å²) < 4.78 is 29.5. The highest BCUT2D eigenvalue weighted by Crippen LogP contribution is 2.33. The van der Waals surface area contributed by atoms with Crippen LogP contribution in [0.25, 0.3) is 5.57 Å². The standard InChI is InChI=1S/C15H12O3S/c16-19(17)11-12(14-8-4-5-9-15(14)19)10-18-13-6-2-1-3-7-13/h1-9,11H,10H2. The average molecular weight is 272 g/mol. The second-order valence-electron chi connectivity index (χ2n) is 4.29. The Kier molecular flexibility index (Phi) is 2.87. The van der Waals surface area contributed by atoms with Crippen LogP contribution in [0.2, 0.25) is 0 Å². The van der Waals surface area contributed by atoms with Crippen molar-refractivity contribution in [3.05, 3.63) is 65.6 Å². The first-order chi connectivity index (χ1) is 9.17. The molecule has 1 heterocycles. The molecule has 0 aliphatic carbocycles. The molecule has 0 unspecified atom stereocenters. The van der Waals surface area contributed by atoms with Crippen LogP contribution in [0, 0.1) is 0 Å². The second kappa shape index (κ2) is 4.55. The predicted octanol–water partition coefficient (Wildman–Crippen LogP) is 2.89. The topological polar surface area (TPSA) is 43.4 Å². The van der Waals surface area contributed by atoms with E-state index in [4.69, 9.17) is 4.74 Å². The van der Waals surface area contributed by atoms with Crippen LogP contribution in [0.3, 0.4) is 0 Å². The normalized spacial score (nSPS) is 15.7. The lowest BCUT2D eigenvalue weighted by atomic mass is 10.1. The van der Waals surface area contributed by atoms with Gasteiger partial charge in [-0.2, -0.15) is 0 Å². The number of para-hydroxylation sites is 1. The van der Waals surface area contributed by atoms with Crippen molar-refractivity contribution in [2.75, 3.05) is 6.61 Å². The lowest BCUT2D eigenvalue weighted by Gasteiger charge is -2.07. The molecule has 96 valence electrons. The predicted molar refractivity (Wildman–Crippen MR) is 73.5 cm³/mol. The zero-order valence-electron chi connectivity index (χ0n) is 10.1. The molecule has 2 aromatic carbocycles. The maximum atomic E-state index is 11.9. The van der Waals surface area contributed by atoms with Crippen LogP contribution in [0.15, 0.2) is 64.9 Å². The summed E-state index contributed by atoms with van der Waals surface area (Å²) in [5, 5.41) is 1.29. The van der Waals surface area contributed by atoms with Gasteiger partial charge in [-0.05, 0) is 18.2 Å². The van der Waals surface area contributed by atoms with Crippen LogP contribution in [-0.4, -0.2) is 15.0 Å². The van der Waals surface area contributed by atoms with Gasteiger partial charge in [0.2, 0.25) is 9.84 Å². The summed E-state index contributed by atoms with van der Waals surface area (Å²) in [6, 6.07) is 16.3. The van der Waals surface area contributed by atoms with E-state index in [1.807, 2.05) is 36.4 Å². The van der Waals surface area contributed by atoms with E-state index in [0.29, 0.717) is 10.5 Å². The first-order valence-electron chi connectivity index (χ1n) is 5.90. The lowest BCUT2D eigenvalue weighted by molar-refractivity contribution is 0.370. The number of hydrogen-bond donors (Lipinski definition) is 0. The summed E-state index contributed by atoms with van der Waals surface area (Å²) in [5.74, 6) is 0.727. The van der Waals surface area contributed by atoms with Crippen molar-refractivity contribution in [1.29, 1.82) is 0 Å². The van der Waals surface area contributed by atoms with E-state index >= 15 is 0 Å². The zero-order valence-corrected chi connectivity index (χ0v) is 10.9. The molecule has 0 aromatic heterocycles. The van der Waals surface area contributed by atoms with Crippen LogP contribution in [0.5, 0.6) is 5.75 Å². The number of fused-ring (bicyclic) bond motifs is 1. The first-order valence-corrected chi connectivity index (χ1v) is 7.44. The molecule has 0 radical (unpaired) electrons. The Labute approximate surface area is 112 Å². The van der Waals surface area contributed by atoms with Gasteiger partial charge in [0.25, 0.3) is 0 Å². The third-order valence-electron chi connectivity index (χ3n) is 2.97. The molecule has 0 N–H and O–H groups in total. The fourth-order valence-corrected chi connectivity index (χ4v) is 3.55. The van der Waals surface area contributed by atoms with Gasteiger partial charge in [-0.25, -0.2) is 8.42 Å². The molecule has 4 heteroatoms. The molecule has 1 aliphatic rings. The van der Waals surface area contributed by atoms with E-state index in [-0.39, 0.29) is 6.61 Å². The fraction of sp³-hybridized carbons (Fsp3) is 0.0667. The molecule has 0 atom stereocenters. The summed E-state index contributed by atoms with van der Waals surface area (Å²) in [5.41, 5.74) is 1.43. The molecular weight excluding hydrogens is 260 g/mol. The highest BCUT2D eigenvalue weighted by atomic mass is 32.2. The van der Waals surface area contributed by atoms with E-state index in [1.54, 1.807) is 18.2 Å². The molecule has 0 saturated heterocycles. The Morgan fingerprint density at radius 1 is 0.895 bits per heavy atom. The monoisotopic (exact) mass is 272 g/mol. The molecule has 3 rings (SSSR count). The van der Waals surface area contributed by atoms with Gasteiger partial charge >= 0.3 is 0 Å². The second-order valence-corrected chi connectivity index (χ2v) is 6.05. The number of rotatable bonds is 3. The van der Waals surface area contributed by atoms with Crippen molar-refractivity contribution in [1.82, 2.24) is 0 Å². The van der Waals surface area contributed by atoms with E-state index in [1.165, 1.54) is 5.41 Å². The summed E-state index contributed by atoms with van der Waals surface area (Å²) in [7, 11) is -3.30. The van der Waals surface area contributed by atoms with Gasteiger partial charge in [0.1, 0.15) is 12.4 Å². The van der Waals surface area contributed by atoms with E-state index < -0.39 is 9.84 Å². The quantitative estimate of drug-likeness (QED) is 0.863. The van der Waals surface area contributed by atoms with Gasteiger partial charge < -0.3 is 4.74 Å². The minimum Gasteiger partial charge on any atom is -0.489 e. The van der Waals surface area contributed by atoms with Crippen molar-refractivity contribution >= 4 is 15.4 Å². The van der Waals surface area contributed by atoms with Crippen molar-refractivity contribution in [2.24, 2.45) is 0 Å². The Balaban J connectivity index is 1.87. The van der Waals surface area contributed by atoms with Crippen LogP contribution in [0.4, 0.5) is 0 Å². The van der Waals surface area contributed by atoms with Crippen molar-refractivity contribution < 1.29 is 13.2 Å². The van der Waals surface area contributed by atoms with Gasteiger partial charge in [0, 0.05) is 16.5 Å². The van der Waals surface area contributed by atoms with Gasteiger partial charge in [0.15, 0.2) is 0 Å². The number of hydrogen-bond acceptors (Lipinski definition) is 3. The van der Waals surface area contributed by atoms with Gasteiger partial charge in [-0.3, -0.25) is 0 Å². The summed E-state index contributed by atoms with van der Waals surface area (Å²) >= 11 is 0. The molecule has 19 heavy (non-hydrogen) atoms. The van der Waals surface area contributed by atoms with Crippen molar-refractivity contribution in [3.63, 3.8) is 0 Å². The van der Waals surface area contributed by atoms with Gasteiger partial charge in [-0.15, -0.1) is 0 Å². The summed E-state index contributed by atoms with van der Waals surface area (Å²) in [6.07, 6.45) is 0. The Morgan fingerprint density at radius 3 is 2.37 bits per heavy atom.